The Kier molecular flexibility index (Phi) is 31.6. The van der Waals surface area contributed by atoms with Crippen molar-refractivity contribution >= 4 is 55.6 Å². The summed E-state index contributed by atoms with van der Waals surface area (Å²) in [6, 6.07) is 116. The molecule has 0 aromatic heterocycles. The van der Waals surface area contributed by atoms with Gasteiger partial charge in [-0.15, -0.1) is 0 Å². The van der Waals surface area contributed by atoms with Crippen molar-refractivity contribution in [1.29, 1.82) is 0 Å². The number of aryl methyl sites for hydroxylation is 4. The smallest absolute Gasteiger partial charge is 0.119 e. The molecule has 0 fully saturated rings. The average molecular weight is 1280 g/mol. The molecule has 1 nitrogen and oxygen atoms in total. The molecule has 0 spiro atoms. The van der Waals surface area contributed by atoms with Crippen LogP contribution in [-0.4, -0.2) is 6.61 Å². The highest BCUT2D eigenvalue weighted by Gasteiger charge is 2.15. The first-order valence-electron chi connectivity index (χ1n) is 32.0. The third-order valence-electron chi connectivity index (χ3n) is 15.2. The van der Waals surface area contributed by atoms with Crippen molar-refractivity contribution in [3.63, 3.8) is 0 Å². The Morgan fingerprint density at radius 3 is 0.874 bits per heavy atom. The number of halogens is 2. The number of hydrogen-bond donors (Lipinski definition) is 0. The van der Waals surface area contributed by atoms with Crippen LogP contribution in [0, 0.1) is 32.6 Å². The van der Waals surface area contributed by atoms with Gasteiger partial charge in [0.1, 0.15) is 5.75 Å². The molecule has 478 valence electrons. The Balaban J connectivity index is 0.000000193. The minimum Gasteiger partial charge on any atom is -0.494 e. The van der Waals surface area contributed by atoms with Crippen LogP contribution in [0.5, 0.6) is 5.75 Å². The second kappa shape index (κ2) is 40.7. The van der Waals surface area contributed by atoms with Crippen LogP contribution in [0.1, 0.15) is 132 Å². The third kappa shape index (κ3) is 23.4. The fourth-order valence-corrected chi connectivity index (χ4v) is 10.9. The summed E-state index contributed by atoms with van der Waals surface area (Å²) in [5, 5.41) is 1.52. The maximum absolute atomic E-state index is 6.81. The van der Waals surface area contributed by atoms with E-state index in [1.165, 1.54) is 50.1 Å². The molecular weight excluding hydrogens is 1190 g/mol. The lowest BCUT2D eigenvalue weighted by Crippen LogP contribution is -1.96. The van der Waals surface area contributed by atoms with Gasteiger partial charge in [0, 0.05) is 22.3 Å². The van der Waals surface area contributed by atoms with Crippen molar-refractivity contribution in [2.24, 2.45) is 0 Å². The monoisotopic (exact) mass is 1280 g/mol. The molecule has 95 heavy (non-hydrogen) atoms. The van der Waals surface area contributed by atoms with Gasteiger partial charge < -0.3 is 4.74 Å². The summed E-state index contributed by atoms with van der Waals surface area (Å²) in [5.41, 5.74) is 22.5. The minimum atomic E-state index is 0. The summed E-state index contributed by atoms with van der Waals surface area (Å²) in [5.74, 6) is 7.11. The summed E-state index contributed by atoms with van der Waals surface area (Å²) in [6.07, 6.45) is 3.14. The number of benzene rings is 12. The Morgan fingerprint density at radius 1 is 0.295 bits per heavy atom. The lowest BCUT2D eigenvalue weighted by atomic mass is 9.88. The molecule has 0 aliphatic carbocycles. The predicted octanol–water partition coefficient (Wildman–Crippen LogP) is 26.1. The Bertz CT molecular complexity index is 4210. The van der Waals surface area contributed by atoms with Gasteiger partial charge >= 0.3 is 0 Å². The number of hydrogen-bond acceptors (Lipinski definition) is 1. The second-order valence-electron chi connectivity index (χ2n) is 22.2. The maximum Gasteiger partial charge on any atom is 0.119 e. The van der Waals surface area contributed by atoms with Crippen LogP contribution in [-0.2, 0) is 6.42 Å². The van der Waals surface area contributed by atoms with E-state index in [-0.39, 0.29) is 14.9 Å². The van der Waals surface area contributed by atoms with E-state index in [0.29, 0.717) is 0 Å². The Hall–Kier alpha value is -10.2. The number of rotatable bonds is 14. The van der Waals surface area contributed by atoms with Crippen molar-refractivity contribution in [1.82, 2.24) is 0 Å². The second-order valence-corrected chi connectivity index (χ2v) is 23.0. The van der Waals surface area contributed by atoms with Crippen LogP contribution < -0.4 is 4.74 Å². The lowest BCUT2D eigenvalue weighted by molar-refractivity contribution is 0.317. The molecule has 12 rings (SSSR count). The van der Waals surface area contributed by atoms with Crippen molar-refractivity contribution < 1.29 is 4.74 Å². The van der Waals surface area contributed by atoms with Gasteiger partial charge in [-0.05, 0) is 143 Å². The fourth-order valence-electron chi connectivity index (χ4n) is 10.2. The van der Waals surface area contributed by atoms with Crippen LogP contribution in [0.25, 0.3) is 32.4 Å². The van der Waals surface area contributed by atoms with E-state index in [0.717, 1.165) is 97.3 Å². The van der Waals surface area contributed by atoms with Crippen LogP contribution in [0.15, 0.2) is 340 Å². The zero-order chi connectivity index (χ0) is 65.2. The van der Waals surface area contributed by atoms with Gasteiger partial charge in [0.15, 0.2) is 0 Å². The highest BCUT2D eigenvalue weighted by atomic mass is 35.5. The molecule has 0 saturated heterocycles. The molecule has 0 unspecified atom stereocenters. The van der Waals surface area contributed by atoms with Crippen molar-refractivity contribution in [3.05, 3.63) is 423 Å². The van der Waals surface area contributed by atoms with Crippen molar-refractivity contribution in [2.45, 2.75) is 75.7 Å². The molecule has 0 N–H and O–H groups in total. The van der Waals surface area contributed by atoms with Gasteiger partial charge in [0.05, 0.1) is 16.7 Å². The molecule has 0 atom stereocenters. The fraction of sp³-hybridized carbons (Fsp3) is 0.130. The Labute approximate surface area is 579 Å². The maximum atomic E-state index is 6.81. The van der Waals surface area contributed by atoms with Crippen molar-refractivity contribution in [3.8, 4) is 17.6 Å². The molecule has 3 heteroatoms. The van der Waals surface area contributed by atoms with Gasteiger partial charge in [-0.2, -0.15) is 0 Å². The van der Waals surface area contributed by atoms with Crippen molar-refractivity contribution in [2.75, 3.05) is 6.61 Å². The Morgan fingerprint density at radius 2 is 0.558 bits per heavy atom. The topological polar surface area (TPSA) is 9.23 Å². The van der Waals surface area contributed by atoms with Gasteiger partial charge in [0.25, 0.3) is 0 Å². The molecule has 0 bridgehead atoms. The summed E-state index contributed by atoms with van der Waals surface area (Å²) < 4.78 is 5.69. The molecule has 12 aromatic rings. The summed E-state index contributed by atoms with van der Waals surface area (Å²) in [7, 11) is 0. The largest absolute Gasteiger partial charge is 0.494 e. The van der Waals surface area contributed by atoms with E-state index in [1.807, 2.05) is 170 Å². The summed E-state index contributed by atoms with van der Waals surface area (Å²) >= 11 is 13.6. The highest BCUT2D eigenvalue weighted by molar-refractivity contribution is 6.54. The van der Waals surface area contributed by atoms with Gasteiger partial charge in [-0.3, -0.25) is 0 Å². The number of ether oxygens (including phenoxy) is 1. The van der Waals surface area contributed by atoms with Crippen LogP contribution in [0.3, 0.4) is 0 Å². The zero-order valence-corrected chi connectivity index (χ0v) is 55.8. The molecule has 12 aromatic carbocycles. The van der Waals surface area contributed by atoms with Gasteiger partial charge in [0.2, 0.25) is 0 Å². The van der Waals surface area contributed by atoms with Crippen LogP contribution >= 0.6 is 23.2 Å². The van der Waals surface area contributed by atoms with Gasteiger partial charge in [-0.1, -0.05) is 391 Å². The SMILES string of the molecule is C.C.C(#Cc1ccccc1)c1ccccc1.CC/C(=C(/c1ccccc1)c1ccc(C)cc1)c1ccccc1.CCCOc1ccc(/C(=C(\Cl)c2ccccc2)c2ccccc2)cc1.CCc1ccc(C)cc1.Cc1ccc(/C(=C(\Cl)c2ccccc2)c2ccccc2)cc1. The average Bonchev–Trinajstić information content (AvgIpc) is 0.988. The van der Waals surface area contributed by atoms with Crippen LogP contribution in [0.4, 0.5) is 0 Å². The molecule has 0 heterocycles. The van der Waals surface area contributed by atoms with E-state index in [2.05, 4.69) is 223 Å². The quantitative estimate of drug-likeness (QED) is 0.0779. The highest BCUT2D eigenvalue weighted by Crippen LogP contribution is 2.38. The number of allylic oxidation sites excluding steroid dienone is 1. The molecule has 0 saturated carbocycles. The van der Waals surface area contributed by atoms with Gasteiger partial charge in [-0.25, -0.2) is 0 Å². The first-order valence-corrected chi connectivity index (χ1v) is 32.8. The third-order valence-corrected chi connectivity index (χ3v) is 16.0. The van der Waals surface area contributed by atoms with E-state index in [9.17, 15) is 0 Å². The normalized spacial score (nSPS) is 10.9. The van der Waals surface area contributed by atoms with E-state index >= 15 is 0 Å². The van der Waals surface area contributed by atoms with E-state index < -0.39 is 0 Å². The van der Waals surface area contributed by atoms with E-state index in [1.54, 1.807) is 0 Å². The predicted molar refractivity (Wildman–Crippen MR) is 416 cm³/mol. The minimum absolute atomic E-state index is 0. The molecule has 0 radical (unpaired) electrons. The summed E-state index contributed by atoms with van der Waals surface area (Å²) in [6.45, 7) is 13.6. The standard InChI is InChI=1S/C23H21ClO.C23H22.C21H17Cl.C14H10.C9H12.2CH4/c1-2-17-25-21-15-13-19(14-16-21)22(18-9-5-3-6-10-18)23(24)20-11-7-4-8-12-20;1-3-22(19-10-6-4-7-11-19)23(20-12-8-5-9-13-20)21-16-14-18(2)15-17-21;1-16-12-14-18(15-13-16)20(17-8-4-2-5-9-17)21(22)19-10-6-3-7-11-19;1-3-7-13(8-4-1)11-12-14-9-5-2-6-10-14;1-3-9-6-4-8(2)5-7-9;;/h3-16H,2,17H2,1H3;4-17H,3H2,1-2H3;2-15H,1H3;1-10H;4-7H,3H2,1-2H3;2*1H4/b23-22-;23-22+;21-20-;;;;. The first kappa shape index (κ1) is 73.8. The summed E-state index contributed by atoms with van der Waals surface area (Å²) in [4.78, 5) is 0. The lowest BCUT2D eigenvalue weighted by Gasteiger charge is -2.16. The zero-order valence-electron chi connectivity index (χ0n) is 54.3. The molecule has 0 aliphatic heterocycles. The van der Waals surface area contributed by atoms with E-state index in [4.69, 9.17) is 27.9 Å². The first-order chi connectivity index (χ1) is 45.6. The molecule has 0 amide bonds. The molecule has 0 aliphatic rings. The van der Waals surface area contributed by atoms with Crippen LogP contribution in [0.2, 0.25) is 0 Å². The molecular formula is C92H90Cl2O.